The first-order chi connectivity index (χ1) is 27.8. The molecule has 0 amide bonds. The average molecular weight is 733 g/mol. The van der Waals surface area contributed by atoms with Gasteiger partial charge in [-0.3, -0.25) is 0 Å². The maximum Gasteiger partial charge on any atom is 0.0735 e. The first-order valence-electron chi connectivity index (χ1n) is 19.9. The van der Waals surface area contributed by atoms with Crippen molar-refractivity contribution in [3.63, 3.8) is 0 Å². The average Bonchev–Trinajstić information content (AvgIpc) is 3.88. The lowest BCUT2D eigenvalue weighted by molar-refractivity contribution is 0.486. The summed E-state index contributed by atoms with van der Waals surface area (Å²) in [5.41, 5.74) is 14.6. The van der Waals surface area contributed by atoms with Gasteiger partial charge in [0.15, 0.2) is 0 Å². The van der Waals surface area contributed by atoms with Crippen LogP contribution in [0.15, 0.2) is 186 Å². The Kier molecular flexibility index (Phi) is 6.29. The van der Waals surface area contributed by atoms with E-state index in [-0.39, 0.29) is 0 Å². The summed E-state index contributed by atoms with van der Waals surface area (Å²) in [5, 5.41) is 7.98. The summed E-state index contributed by atoms with van der Waals surface area (Å²) in [7, 11) is 0. The van der Waals surface area contributed by atoms with E-state index in [4.69, 9.17) is 0 Å². The third kappa shape index (κ3) is 3.93. The van der Waals surface area contributed by atoms with Crippen molar-refractivity contribution in [2.24, 2.45) is 0 Å². The van der Waals surface area contributed by atoms with Crippen LogP contribution < -0.4 is 0 Å². The lowest BCUT2D eigenvalue weighted by Gasteiger charge is -2.39. The lowest BCUT2D eigenvalue weighted by atomic mass is 9.67. The fourth-order valence-electron chi connectivity index (χ4n) is 11.0. The van der Waals surface area contributed by atoms with E-state index in [2.05, 4.69) is 185 Å². The first-order valence-corrected chi connectivity index (χ1v) is 20.7. The molecule has 264 valence electrons. The number of para-hydroxylation sites is 2. The second-order valence-corrected chi connectivity index (χ2v) is 16.9. The van der Waals surface area contributed by atoms with Gasteiger partial charge in [0, 0.05) is 48.5 Å². The van der Waals surface area contributed by atoms with Crippen molar-refractivity contribution in [2.75, 3.05) is 0 Å². The van der Waals surface area contributed by atoms with Crippen molar-refractivity contribution < 1.29 is 0 Å². The van der Waals surface area contributed by atoms with Gasteiger partial charge in [0.25, 0.3) is 0 Å². The minimum absolute atomic E-state index is 0.332. The number of hydrogen-bond acceptors (Lipinski definition) is 1. The predicted molar refractivity (Wildman–Crippen MR) is 235 cm³/mol. The van der Waals surface area contributed by atoms with Gasteiger partial charge < -0.3 is 9.13 Å². The van der Waals surface area contributed by atoms with Gasteiger partial charge in [-0.25, -0.2) is 0 Å². The Hall–Kier alpha value is -6.29. The fourth-order valence-corrected chi connectivity index (χ4v) is 12.2. The molecule has 56 heavy (non-hydrogen) atoms. The van der Waals surface area contributed by atoms with Crippen LogP contribution in [0.2, 0.25) is 0 Å². The molecule has 0 saturated carbocycles. The molecule has 13 rings (SSSR count). The molecule has 0 fully saturated rings. The van der Waals surface area contributed by atoms with Crippen molar-refractivity contribution >= 4 is 71.8 Å². The Morgan fingerprint density at radius 3 is 1.82 bits per heavy atom. The molecule has 3 heteroatoms. The summed E-state index contributed by atoms with van der Waals surface area (Å²) in [6.07, 6.45) is 5.62. The topological polar surface area (TPSA) is 9.86 Å². The lowest BCUT2D eigenvalue weighted by Crippen LogP contribution is -2.32. The Bertz CT molecular complexity index is 3240. The van der Waals surface area contributed by atoms with E-state index in [0.717, 1.165) is 19.3 Å². The zero-order valence-corrected chi connectivity index (χ0v) is 31.6. The van der Waals surface area contributed by atoms with Crippen molar-refractivity contribution in [2.45, 2.75) is 40.5 Å². The second-order valence-electron chi connectivity index (χ2n) is 15.9. The van der Waals surface area contributed by atoms with E-state index in [0.29, 0.717) is 6.04 Å². The Balaban J connectivity index is 1.07. The number of rotatable bonds is 2. The molecule has 0 radical (unpaired) electrons. The molecule has 0 saturated heterocycles. The summed E-state index contributed by atoms with van der Waals surface area (Å²) in [6, 6.07) is 64.5. The van der Waals surface area contributed by atoms with E-state index < -0.39 is 5.41 Å². The molecule has 1 spiro atoms. The first kappa shape index (κ1) is 31.0. The van der Waals surface area contributed by atoms with E-state index >= 15 is 0 Å². The maximum atomic E-state index is 2.75. The zero-order chi connectivity index (χ0) is 36.5. The van der Waals surface area contributed by atoms with Crippen LogP contribution in [0, 0.1) is 0 Å². The molecule has 0 bridgehead atoms. The van der Waals surface area contributed by atoms with Crippen molar-refractivity contribution in [1.29, 1.82) is 0 Å². The third-order valence-corrected chi connectivity index (χ3v) is 14.4. The van der Waals surface area contributed by atoms with Crippen LogP contribution in [0.4, 0.5) is 0 Å². The van der Waals surface area contributed by atoms with Gasteiger partial charge in [0.1, 0.15) is 0 Å². The standard InChI is InChI=1S/C53H36N2S/c1-2-14-36-33(13-1)25-30-41-42-31-46-51(56-50-24-12-9-21-45(50)53(46)43-19-7-3-15-37(43)38-16-4-8-20-44(38)53)32-49(42)55(52(36)41)35-28-26-34(27-29-35)54-47-22-10-5-17-39(47)40-18-6-11-23-48(40)54/h1-26,30-32,35H,27-29H2. The monoisotopic (exact) mass is 732 g/mol. The number of hydrogen-bond donors (Lipinski definition) is 0. The molecule has 2 nitrogen and oxygen atoms in total. The van der Waals surface area contributed by atoms with E-state index in [1.54, 1.807) is 0 Å². The van der Waals surface area contributed by atoms with Crippen LogP contribution in [0.5, 0.6) is 0 Å². The molecule has 1 atom stereocenters. The number of nitrogens with zero attached hydrogens (tertiary/aromatic N) is 2. The van der Waals surface area contributed by atoms with E-state index in [1.165, 1.54) is 103 Å². The molecular formula is C53H36N2S. The molecule has 10 aromatic rings. The van der Waals surface area contributed by atoms with Gasteiger partial charge >= 0.3 is 0 Å². The quantitative estimate of drug-likeness (QED) is 0.172. The highest BCUT2D eigenvalue weighted by atomic mass is 32.2. The van der Waals surface area contributed by atoms with Gasteiger partial charge in [-0.1, -0.05) is 157 Å². The third-order valence-electron chi connectivity index (χ3n) is 13.2. The van der Waals surface area contributed by atoms with Crippen LogP contribution in [0.3, 0.4) is 0 Å². The smallest absolute Gasteiger partial charge is 0.0735 e. The Morgan fingerprint density at radius 1 is 0.482 bits per heavy atom. The van der Waals surface area contributed by atoms with Crippen LogP contribution in [0.25, 0.3) is 71.2 Å². The van der Waals surface area contributed by atoms with Gasteiger partial charge in [-0.2, -0.15) is 0 Å². The molecule has 2 aliphatic carbocycles. The largest absolute Gasteiger partial charge is 0.336 e. The summed E-state index contributed by atoms with van der Waals surface area (Å²) < 4.78 is 5.28. The van der Waals surface area contributed by atoms with Crippen molar-refractivity contribution in [3.05, 3.63) is 198 Å². The summed E-state index contributed by atoms with van der Waals surface area (Å²) >= 11 is 1.95. The maximum absolute atomic E-state index is 2.75. The molecule has 8 aromatic carbocycles. The van der Waals surface area contributed by atoms with Crippen LogP contribution >= 0.6 is 11.8 Å². The SMILES string of the molecule is C1=C(n2c3ccccc3c3ccccc32)CCC(n2c3cc4c(cc3c3ccc5ccccc5c32)C2(c3ccccc3S4)c3ccccc3-c3ccccc32)C1. The molecule has 1 unspecified atom stereocenters. The predicted octanol–water partition coefficient (Wildman–Crippen LogP) is 14.1. The summed E-state index contributed by atoms with van der Waals surface area (Å²) in [6.45, 7) is 0. The van der Waals surface area contributed by atoms with Gasteiger partial charge in [-0.15, -0.1) is 0 Å². The van der Waals surface area contributed by atoms with E-state index in [9.17, 15) is 0 Å². The van der Waals surface area contributed by atoms with Gasteiger partial charge in [0.05, 0.1) is 27.5 Å². The summed E-state index contributed by atoms with van der Waals surface area (Å²) in [4.78, 5) is 2.70. The molecule has 3 heterocycles. The van der Waals surface area contributed by atoms with Crippen LogP contribution in [0.1, 0.15) is 47.6 Å². The zero-order valence-electron chi connectivity index (χ0n) is 30.7. The number of benzene rings is 8. The molecule has 1 aliphatic heterocycles. The number of fused-ring (bicyclic) bond motifs is 17. The van der Waals surface area contributed by atoms with Gasteiger partial charge in [-0.05, 0) is 88.4 Å². The summed E-state index contributed by atoms with van der Waals surface area (Å²) in [5.74, 6) is 0. The normalized spacial score (nSPS) is 16.7. The van der Waals surface area contributed by atoms with Crippen molar-refractivity contribution in [1.82, 2.24) is 9.13 Å². The Labute approximate surface area is 329 Å². The molecule has 2 aromatic heterocycles. The van der Waals surface area contributed by atoms with Crippen LogP contribution in [-0.2, 0) is 5.41 Å². The Morgan fingerprint density at radius 2 is 1.11 bits per heavy atom. The number of aromatic nitrogens is 2. The highest BCUT2D eigenvalue weighted by Gasteiger charge is 2.50. The molecular weight excluding hydrogens is 697 g/mol. The van der Waals surface area contributed by atoms with Crippen LogP contribution in [-0.4, -0.2) is 9.13 Å². The minimum atomic E-state index is -0.394. The minimum Gasteiger partial charge on any atom is -0.336 e. The molecule has 3 aliphatic rings. The van der Waals surface area contributed by atoms with E-state index in [1.807, 2.05) is 11.8 Å². The second kappa shape index (κ2) is 11.4. The van der Waals surface area contributed by atoms with Gasteiger partial charge in [0.2, 0.25) is 0 Å². The van der Waals surface area contributed by atoms with Crippen molar-refractivity contribution in [3.8, 4) is 11.1 Å². The molecule has 0 N–H and O–H groups in total. The highest BCUT2D eigenvalue weighted by molar-refractivity contribution is 7.99. The number of allylic oxidation sites excluding steroid dienone is 2. The fraction of sp³-hybridized carbons (Fsp3) is 0.0943. The highest BCUT2D eigenvalue weighted by Crippen LogP contribution is 2.63.